The van der Waals surface area contributed by atoms with E-state index >= 15 is 0 Å². The van der Waals surface area contributed by atoms with E-state index in [1.54, 1.807) is 0 Å². The summed E-state index contributed by atoms with van der Waals surface area (Å²) in [5.74, 6) is 1.41. The molecule has 2 heterocycles. The second-order valence-electron chi connectivity index (χ2n) is 7.47. The number of para-hydroxylation sites is 1. The molecule has 0 saturated carbocycles. The van der Waals surface area contributed by atoms with Gasteiger partial charge in [-0.3, -0.25) is 4.79 Å². The molecule has 0 aliphatic carbocycles. The summed E-state index contributed by atoms with van der Waals surface area (Å²) >= 11 is 0. The number of carbonyl (C=O) groups is 1. The standard InChI is InChI=1S/C20H29N3O/c1-15(2)13-19(24)23-11-7-16(8-12-23)14-21-18-6-4-5-17-9-10-22(3)20(17)18/h4-6,9-10,15-16,21H,7-8,11-14H2,1-3H3. The van der Waals surface area contributed by atoms with Crippen LogP contribution in [0, 0.1) is 11.8 Å². The van der Waals surface area contributed by atoms with Crippen molar-refractivity contribution in [2.75, 3.05) is 25.0 Å². The summed E-state index contributed by atoms with van der Waals surface area (Å²) < 4.78 is 2.17. The molecule has 2 aromatic rings. The van der Waals surface area contributed by atoms with Crippen LogP contribution in [0.15, 0.2) is 30.5 Å². The van der Waals surface area contributed by atoms with Gasteiger partial charge < -0.3 is 14.8 Å². The fraction of sp³-hybridized carbons (Fsp3) is 0.550. The van der Waals surface area contributed by atoms with Crippen LogP contribution < -0.4 is 5.32 Å². The molecule has 1 aliphatic rings. The molecule has 0 unspecified atom stereocenters. The molecule has 1 N–H and O–H groups in total. The van der Waals surface area contributed by atoms with Gasteiger partial charge in [0, 0.05) is 44.7 Å². The average molecular weight is 327 g/mol. The lowest BCUT2D eigenvalue weighted by Crippen LogP contribution is -2.40. The van der Waals surface area contributed by atoms with Crippen molar-refractivity contribution >= 4 is 22.5 Å². The minimum Gasteiger partial charge on any atom is -0.383 e. The SMILES string of the molecule is CC(C)CC(=O)N1CCC(CNc2cccc3ccn(C)c23)CC1. The number of nitrogens with one attached hydrogen (secondary N) is 1. The van der Waals surface area contributed by atoms with Crippen LogP contribution in [0.5, 0.6) is 0 Å². The fourth-order valence-electron chi connectivity index (χ4n) is 3.62. The zero-order chi connectivity index (χ0) is 17.1. The van der Waals surface area contributed by atoms with Gasteiger partial charge in [-0.05, 0) is 36.8 Å². The molecule has 0 spiro atoms. The zero-order valence-corrected chi connectivity index (χ0v) is 15.1. The molecule has 0 bridgehead atoms. The molecule has 1 aromatic carbocycles. The van der Waals surface area contributed by atoms with Crippen LogP contribution in [0.1, 0.15) is 33.1 Å². The second kappa shape index (κ2) is 7.29. The third-order valence-corrected chi connectivity index (χ3v) is 5.03. The van der Waals surface area contributed by atoms with Gasteiger partial charge in [-0.15, -0.1) is 0 Å². The quantitative estimate of drug-likeness (QED) is 0.905. The van der Waals surface area contributed by atoms with E-state index in [2.05, 4.69) is 66.1 Å². The number of amides is 1. The maximum absolute atomic E-state index is 12.2. The normalized spacial score (nSPS) is 16.1. The first-order valence-electron chi connectivity index (χ1n) is 9.10. The van der Waals surface area contributed by atoms with Crippen molar-refractivity contribution in [3.63, 3.8) is 0 Å². The third-order valence-electron chi connectivity index (χ3n) is 5.03. The van der Waals surface area contributed by atoms with Crippen LogP contribution in [0.25, 0.3) is 10.9 Å². The maximum Gasteiger partial charge on any atom is 0.222 e. The van der Waals surface area contributed by atoms with E-state index in [0.717, 1.165) is 32.5 Å². The van der Waals surface area contributed by atoms with Gasteiger partial charge in [-0.1, -0.05) is 26.0 Å². The number of anilines is 1. The van der Waals surface area contributed by atoms with Crippen LogP contribution in [0.2, 0.25) is 0 Å². The Morgan fingerprint density at radius 3 is 2.71 bits per heavy atom. The van der Waals surface area contributed by atoms with Crippen LogP contribution in [-0.2, 0) is 11.8 Å². The van der Waals surface area contributed by atoms with Gasteiger partial charge in [0.1, 0.15) is 0 Å². The predicted molar refractivity (Wildman–Crippen MR) is 100 cm³/mol. The number of fused-ring (bicyclic) bond motifs is 1. The average Bonchev–Trinajstić information content (AvgIpc) is 2.95. The first-order valence-corrected chi connectivity index (χ1v) is 9.10. The molecule has 3 rings (SSSR count). The van der Waals surface area contributed by atoms with Gasteiger partial charge in [0.05, 0.1) is 11.2 Å². The molecule has 4 heteroatoms. The lowest BCUT2D eigenvalue weighted by atomic mass is 9.96. The van der Waals surface area contributed by atoms with Gasteiger partial charge >= 0.3 is 0 Å². The number of aryl methyl sites for hydroxylation is 1. The topological polar surface area (TPSA) is 37.3 Å². The first kappa shape index (κ1) is 16.9. The van der Waals surface area contributed by atoms with Crippen LogP contribution >= 0.6 is 0 Å². The summed E-state index contributed by atoms with van der Waals surface area (Å²) in [5, 5.41) is 4.91. The molecule has 1 fully saturated rings. The summed E-state index contributed by atoms with van der Waals surface area (Å²) in [5.41, 5.74) is 2.47. The number of benzene rings is 1. The highest BCUT2D eigenvalue weighted by Crippen LogP contribution is 2.25. The number of likely N-dealkylation sites (tertiary alicyclic amines) is 1. The summed E-state index contributed by atoms with van der Waals surface area (Å²) in [6.07, 6.45) is 4.98. The smallest absolute Gasteiger partial charge is 0.222 e. The molecule has 1 saturated heterocycles. The Hall–Kier alpha value is -1.97. The van der Waals surface area contributed by atoms with E-state index < -0.39 is 0 Å². The number of hydrogen-bond acceptors (Lipinski definition) is 2. The Labute approximate surface area is 144 Å². The van der Waals surface area contributed by atoms with Gasteiger partial charge in [0.15, 0.2) is 0 Å². The van der Waals surface area contributed by atoms with E-state index in [4.69, 9.17) is 0 Å². The van der Waals surface area contributed by atoms with Crippen LogP contribution in [0.4, 0.5) is 5.69 Å². The lowest BCUT2D eigenvalue weighted by Gasteiger charge is -2.32. The lowest BCUT2D eigenvalue weighted by molar-refractivity contribution is -0.133. The molecule has 1 aromatic heterocycles. The monoisotopic (exact) mass is 327 g/mol. The summed E-state index contributed by atoms with van der Waals surface area (Å²) in [4.78, 5) is 14.2. The van der Waals surface area contributed by atoms with Crippen LogP contribution in [-0.4, -0.2) is 35.0 Å². The Bertz CT molecular complexity index is 696. The first-order chi connectivity index (χ1) is 11.5. The Balaban J connectivity index is 1.53. The molecular formula is C20H29N3O. The van der Waals surface area contributed by atoms with Gasteiger partial charge in [-0.2, -0.15) is 0 Å². The van der Waals surface area contributed by atoms with Crippen molar-refractivity contribution < 1.29 is 4.79 Å². The number of carbonyl (C=O) groups excluding carboxylic acids is 1. The second-order valence-corrected chi connectivity index (χ2v) is 7.47. The van der Waals surface area contributed by atoms with E-state index in [1.807, 2.05) is 0 Å². The van der Waals surface area contributed by atoms with Crippen molar-refractivity contribution in [2.45, 2.75) is 33.1 Å². The van der Waals surface area contributed by atoms with E-state index in [9.17, 15) is 4.79 Å². The Morgan fingerprint density at radius 1 is 1.25 bits per heavy atom. The van der Waals surface area contributed by atoms with Gasteiger partial charge in [0.25, 0.3) is 0 Å². The van der Waals surface area contributed by atoms with Crippen molar-refractivity contribution in [1.29, 1.82) is 0 Å². The highest BCUT2D eigenvalue weighted by Gasteiger charge is 2.23. The van der Waals surface area contributed by atoms with Crippen molar-refractivity contribution in [1.82, 2.24) is 9.47 Å². The molecule has 4 nitrogen and oxygen atoms in total. The summed E-state index contributed by atoms with van der Waals surface area (Å²) in [6.45, 7) is 7.02. The number of rotatable bonds is 5. The number of hydrogen-bond donors (Lipinski definition) is 1. The molecule has 130 valence electrons. The van der Waals surface area contributed by atoms with Gasteiger partial charge in [0.2, 0.25) is 5.91 Å². The third kappa shape index (κ3) is 3.74. The molecule has 24 heavy (non-hydrogen) atoms. The molecule has 0 radical (unpaired) electrons. The highest BCUT2D eigenvalue weighted by atomic mass is 16.2. The summed E-state index contributed by atoms with van der Waals surface area (Å²) in [7, 11) is 2.09. The van der Waals surface area contributed by atoms with Gasteiger partial charge in [-0.25, -0.2) is 0 Å². The largest absolute Gasteiger partial charge is 0.383 e. The summed E-state index contributed by atoms with van der Waals surface area (Å²) in [6, 6.07) is 8.57. The van der Waals surface area contributed by atoms with E-state index in [-0.39, 0.29) is 0 Å². The predicted octanol–water partition coefficient (Wildman–Crippen LogP) is 3.87. The van der Waals surface area contributed by atoms with E-state index in [0.29, 0.717) is 24.2 Å². The molecule has 0 atom stereocenters. The molecule has 1 aliphatic heterocycles. The van der Waals surface area contributed by atoms with Crippen molar-refractivity contribution in [3.8, 4) is 0 Å². The molecular weight excluding hydrogens is 298 g/mol. The number of aromatic nitrogens is 1. The van der Waals surface area contributed by atoms with E-state index in [1.165, 1.54) is 16.6 Å². The van der Waals surface area contributed by atoms with Crippen molar-refractivity contribution in [3.05, 3.63) is 30.5 Å². The van der Waals surface area contributed by atoms with Crippen molar-refractivity contribution in [2.24, 2.45) is 18.9 Å². The Kier molecular flexibility index (Phi) is 5.12. The zero-order valence-electron chi connectivity index (χ0n) is 15.1. The fourth-order valence-corrected chi connectivity index (χ4v) is 3.62. The Morgan fingerprint density at radius 2 is 2.00 bits per heavy atom. The minimum absolute atomic E-state index is 0.324. The number of piperidine rings is 1. The minimum atomic E-state index is 0.324. The maximum atomic E-state index is 12.2. The number of nitrogens with zero attached hydrogens (tertiary/aromatic N) is 2. The highest BCUT2D eigenvalue weighted by molar-refractivity contribution is 5.91. The van der Waals surface area contributed by atoms with Crippen LogP contribution in [0.3, 0.4) is 0 Å². The molecule has 1 amide bonds.